The largest absolute Gasteiger partial charge is 0.497 e. The summed E-state index contributed by atoms with van der Waals surface area (Å²) in [6.07, 6.45) is 2.61. The third-order valence-electron chi connectivity index (χ3n) is 4.54. The molecule has 29 heavy (non-hydrogen) atoms. The molecular formula is C22H24N2O4S. The Morgan fingerprint density at radius 1 is 1.17 bits per heavy atom. The lowest BCUT2D eigenvalue weighted by molar-refractivity contribution is -0.114. The van der Waals surface area contributed by atoms with E-state index in [9.17, 15) is 9.59 Å². The molecule has 0 saturated heterocycles. The van der Waals surface area contributed by atoms with Crippen molar-refractivity contribution in [2.75, 3.05) is 39.3 Å². The zero-order chi connectivity index (χ0) is 20.8. The fraction of sp³-hybridized carbons (Fsp3) is 0.273. The molecule has 6 nitrogen and oxygen atoms in total. The molecule has 0 aromatic heterocycles. The molecule has 1 aliphatic rings. The maximum absolute atomic E-state index is 12.8. The van der Waals surface area contributed by atoms with Crippen LogP contribution in [-0.2, 0) is 9.53 Å². The number of nitrogens with zero attached hydrogens (tertiary/aromatic N) is 1. The molecule has 1 N–H and O–H groups in total. The van der Waals surface area contributed by atoms with Crippen LogP contribution in [0.3, 0.4) is 0 Å². The van der Waals surface area contributed by atoms with Gasteiger partial charge in [0.15, 0.2) is 0 Å². The summed E-state index contributed by atoms with van der Waals surface area (Å²) >= 11 is 1.41. The van der Waals surface area contributed by atoms with Gasteiger partial charge in [-0.05, 0) is 48.4 Å². The average Bonchev–Trinajstić information content (AvgIpc) is 2.75. The molecule has 1 heterocycles. The number of amides is 2. The highest BCUT2D eigenvalue weighted by Gasteiger charge is 2.27. The van der Waals surface area contributed by atoms with E-state index in [1.807, 2.05) is 36.4 Å². The van der Waals surface area contributed by atoms with Gasteiger partial charge in [0.1, 0.15) is 5.75 Å². The Morgan fingerprint density at radius 3 is 2.62 bits per heavy atom. The van der Waals surface area contributed by atoms with E-state index in [0.29, 0.717) is 23.6 Å². The van der Waals surface area contributed by atoms with Crippen LogP contribution in [0, 0.1) is 0 Å². The van der Waals surface area contributed by atoms with E-state index >= 15 is 0 Å². The molecule has 7 heteroatoms. The molecule has 152 valence electrons. The molecule has 0 unspecified atom stereocenters. The highest BCUT2D eigenvalue weighted by Crippen LogP contribution is 2.42. The quantitative estimate of drug-likeness (QED) is 0.556. The Bertz CT molecular complexity index is 925. The van der Waals surface area contributed by atoms with Crippen molar-refractivity contribution in [2.24, 2.45) is 0 Å². The number of anilines is 1. The summed E-state index contributed by atoms with van der Waals surface area (Å²) in [5.41, 5.74) is 2.19. The van der Waals surface area contributed by atoms with Gasteiger partial charge >= 0.3 is 0 Å². The lowest BCUT2D eigenvalue weighted by Gasteiger charge is -2.27. The topological polar surface area (TPSA) is 67.9 Å². The Kier molecular flexibility index (Phi) is 6.95. The predicted octanol–water partition coefficient (Wildman–Crippen LogP) is 3.57. The summed E-state index contributed by atoms with van der Waals surface area (Å²) in [6, 6.07) is 13.0. The normalized spacial score (nSPS) is 14.7. The molecule has 0 fully saturated rings. The van der Waals surface area contributed by atoms with Crippen molar-refractivity contribution in [3.05, 3.63) is 58.5 Å². The molecule has 2 aromatic rings. The van der Waals surface area contributed by atoms with Gasteiger partial charge in [-0.25, -0.2) is 0 Å². The Hall–Kier alpha value is -2.77. The molecule has 0 aliphatic carbocycles. The number of likely N-dealkylation sites (N-methyl/N-ethyl adjacent to an activating group) is 1. The Morgan fingerprint density at radius 2 is 1.93 bits per heavy atom. The minimum absolute atomic E-state index is 0.101. The number of carbonyl (C=O) groups excluding carboxylic acids is 2. The van der Waals surface area contributed by atoms with Gasteiger partial charge in [0.05, 0.1) is 17.7 Å². The van der Waals surface area contributed by atoms with Crippen molar-refractivity contribution in [1.29, 1.82) is 0 Å². The molecule has 0 bridgehead atoms. The van der Waals surface area contributed by atoms with Crippen molar-refractivity contribution in [2.45, 2.75) is 11.3 Å². The SMILES string of the molecule is COCCCNC(=O)c1ccc2c(c1)N(C)C(=O)C(=Cc1ccc(OC)cc1)S2. The predicted molar refractivity (Wildman–Crippen MR) is 116 cm³/mol. The lowest BCUT2D eigenvalue weighted by atomic mass is 10.1. The van der Waals surface area contributed by atoms with Crippen molar-refractivity contribution in [1.82, 2.24) is 5.32 Å². The van der Waals surface area contributed by atoms with Crippen LogP contribution < -0.4 is 15.0 Å². The molecule has 0 saturated carbocycles. The van der Waals surface area contributed by atoms with E-state index in [1.54, 1.807) is 38.3 Å². The fourth-order valence-electron chi connectivity index (χ4n) is 2.91. The van der Waals surface area contributed by atoms with Crippen LogP contribution >= 0.6 is 11.8 Å². The van der Waals surface area contributed by atoms with Gasteiger partial charge in [-0.1, -0.05) is 23.9 Å². The van der Waals surface area contributed by atoms with Crippen molar-refractivity contribution >= 4 is 35.3 Å². The van der Waals surface area contributed by atoms with Crippen LogP contribution in [0.25, 0.3) is 6.08 Å². The van der Waals surface area contributed by atoms with Gasteiger partial charge in [0.2, 0.25) is 0 Å². The van der Waals surface area contributed by atoms with Crippen LogP contribution in [0.2, 0.25) is 0 Å². The summed E-state index contributed by atoms with van der Waals surface area (Å²) in [5.74, 6) is 0.510. The second-order valence-electron chi connectivity index (χ2n) is 6.53. The van der Waals surface area contributed by atoms with E-state index in [0.717, 1.165) is 28.3 Å². The van der Waals surface area contributed by atoms with E-state index in [2.05, 4.69) is 5.32 Å². The number of hydrogen-bond donors (Lipinski definition) is 1. The number of thioether (sulfide) groups is 1. The van der Waals surface area contributed by atoms with E-state index in [1.165, 1.54) is 11.8 Å². The molecule has 2 amide bonds. The van der Waals surface area contributed by atoms with E-state index < -0.39 is 0 Å². The number of methoxy groups -OCH3 is 2. The summed E-state index contributed by atoms with van der Waals surface area (Å²) in [7, 11) is 4.98. The van der Waals surface area contributed by atoms with Crippen LogP contribution in [0.5, 0.6) is 5.75 Å². The molecule has 0 radical (unpaired) electrons. The fourth-order valence-corrected chi connectivity index (χ4v) is 4.00. The number of benzene rings is 2. The number of rotatable bonds is 7. The third kappa shape index (κ3) is 4.99. The first-order valence-corrected chi connectivity index (χ1v) is 10.1. The van der Waals surface area contributed by atoms with Gasteiger partial charge in [0.25, 0.3) is 11.8 Å². The highest BCUT2D eigenvalue weighted by atomic mass is 32.2. The zero-order valence-corrected chi connectivity index (χ0v) is 17.5. The Balaban J connectivity index is 1.78. The molecule has 2 aromatic carbocycles. The van der Waals surface area contributed by atoms with Crippen LogP contribution in [0.1, 0.15) is 22.3 Å². The van der Waals surface area contributed by atoms with Crippen LogP contribution in [-0.4, -0.2) is 46.2 Å². The third-order valence-corrected chi connectivity index (χ3v) is 5.62. The summed E-state index contributed by atoms with van der Waals surface area (Å²) in [4.78, 5) is 28.3. The van der Waals surface area contributed by atoms with E-state index in [4.69, 9.17) is 9.47 Å². The standard InChI is InChI=1S/C22H24N2O4S/c1-24-18-14-16(21(25)23-11-4-12-27-2)7-10-19(18)29-20(22(24)26)13-15-5-8-17(28-3)9-6-15/h5-10,13-14H,4,11-12H2,1-3H3,(H,23,25). The van der Waals surface area contributed by atoms with Gasteiger partial charge in [-0.3, -0.25) is 9.59 Å². The molecular weight excluding hydrogens is 388 g/mol. The second-order valence-corrected chi connectivity index (χ2v) is 7.62. The van der Waals surface area contributed by atoms with Crippen molar-refractivity contribution in [3.8, 4) is 5.75 Å². The van der Waals surface area contributed by atoms with Gasteiger partial charge < -0.3 is 19.7 Å². The second kappa shape index (κ2) is 9.62. The van der Waals surface area contributed by atoms with Crippen LogP contribution in [0.15, 0.2) is 52.3 Å². The van der Waals surface area contributed by atoms with Crippen LogP contribution in [0.4, 0.5) is 5.69 Å². The zero-order valence-electron chi connectivity index (χ0n) is 16.7. The minimum atomic E-state index is -0.158. The first-order valence-electron chi connectivity index (χ1n) is 9.26. The van der Waals surface area contributed by atoms with Gasteiger partial charge in [-0.2, -0.15) is 0 Å². The number of carbonyl (C=O) groups is 2. The Labute approximate surface area is 174 Å². The first-order chi connectivity index (χ1) is 14.0. The highest BCUT2D eigenvalue weighted by molar-refractivity contribution is 8.04. The lowest BCUT2D eigenvalue weighted by Crippen LogP contribution is -2.31. The maximum atomic E-state index is 12.8. The number of ether oxygens (including phenoxy) is 2. The number of hydrogen-bond acceptors (Lipinski definition) is 5. The summed E-state index contributed by atoms with van der Waals surface area (Å²) < 4.78 is 10.2. The summed E-state index contributed by atoms with van der Waals surface area (Å²) in [6.45, 7) is 1.14. The van der Waals surface area contributed by atoms with E-state index in [-0.39, 0.29) is 11.8 Å². The molecule has 3 rings (SSSR count). The first kappa shape index (κ1) is 21.0. The minimum Gasteiger partial charge on any atom is -0.497 e. The molecule has 0 atom stereocenters. The summed E-state index contributed by atoms with van der Waals surface area (Å²) in [5, 5.41) is 2.87. The number of fused-ring (bicyclic) bond motifs is 1. The number of nitrogens with one attached hydrogen (secondary N) is 1. The van der Waals surface area contributed by atoms with Crippen molar-refractivity contribution < 1.29 is 19.1 Å². The van der Waals surface area contributed by atoms with Gasteiger partial charge in [0, 0.05) is 37.8 Å². The van der Waals surface area contributed by atoms with Crippen molar-refractivity contribution in [3.63, 3.8) is 0 Å². The average molecular weight is 413 g/mol. The monoisotopic (exact) mass is 412 g/mol. The maximum Gasteiger partial charge on any atom is 0.264 e. The molecule has 1 aliphatic heterocycles. The van der Waals surface area contributed by atoms with Gasteiger partial charge in [-0.15, -0.1) is 0 Å². The molecule has 0 spiro atoms. The smallest absolute Gasteiger partial charge is 0.264 e.